The lowest BCUT2D eigenvalue weighted by molar-refractivity contribution is -0.119. The summed E-state index contributed by atoms with van der Waals surface area (Å²) in [6.07, 6.45) is 4.91. The first-order valence-electron chi connectivity index (χ1n) is 7.57. The van der Waals surface area contributed by atoms with Crippen molar-refractivity contribution in [1.29, 1.82) is 0 Å². The average Bonchev–Trinajstić information content (AvgIpc) is 3.17. The topological polar surface area (TPSA) is 93.2 Å². The third kappa shape index (κ3) is 3.50. The zero-order valence-corrected chi connectivity index (χ0v) is 12.7. The maximum Gasteiger partial charge on any atom is 0.247 e. The summed E-state index contributed by atoms with van der Waals surface area (Å²) in [4.78, 5) is 25.5. The van der Waals surface area contributed by atoms with E-state index < -0.39 is 5.91 Å². The first-order valence-corrected chi connectivity index (χ1v) is 7.57. The minimum atomic E-state index is -0.475. The Labute approximate surface area is 134 Å². The van der Waals surface area contributed by atoms with E-state index in [1.807, 2.05) is 30.3 Å². The highest BCUT2D eigenvalue weighted by Gasteiger charge is 2.30. The number of primary amides is 1. The van der Waals surface area contributed by atoms with Crippen molar-refractivity contribution in [2.75, 3.05) is 16.8 Å². The number of benzene rings is 1. The molecule has 1 aliphatic heterocycles. The van der Waals surface area contributed by atoms with Crippen LogP contribution in [0, 0.1) is 0 Å². The lowest BCUT2D eigenvalue weighted by Gasteiger charge is -2.25. The second-order valence-electron chi connectivity index (χ2n) is 5.57. The number of nitrogens with one attached hydrogen (secondary N) is 1. The molecular formula is C16H19N5O2. The number of hydrogen-bond donors (Lipinski definition) is 2. The molecule has 3 rings (SSSR count). The van der Waals surface area contributed by atoms with Crippen molar-refractivity contribution >= 4 is 23.2 Å². The molecule has 0 bridgehead atoms. The average molecular weight is 313 g/mol. The van der Waals surface area contributed by atoms with Crippen molar-refractivity contribution in [2.45, 2.75) is 25.4 Å². The molecule has 7 nitrogen and oxygen atoms in total. The van der Waals surface area contributed by atoms with Gasteiger partial charge in [0.1, 0.15) is 12.6 Å². The van der Waals surface area contributed by atoms with Gasteiger partial charge in [-0.1, -0.05) is 18.2 Å². The summed E-state index contributed by atoms with van der Waals surface area (Å²) in [6.45, 7) is 0.860. The highest BCUT2D eigenvalue weighted by Crippen LogP contribution is 2.26. The van der Waals surface area contributed by atoms with E-state index in [0.29, 0.717) is 5.69 Å². The molecule has 1 aromatic carbocycles. The molecule has 1 atom stereocenters. The molecule has 1 unspecified atom stereocenters. The van der Waals surface area contributed by atoms with E-state index in [1.165, 1.54) is 10.9 Å². The smallest absolute Gasteiger partial charge is 0.247 e. The molecule has 1 saturated heterocycles. The summed E-state index contributed by atoms with van der Waals surface area (Å²) in [5.41, 5.74) is 6.74. The Hall–Kier alpha value is -2.83. The molecule has 1 fully saturated rings. The second kappa shape index (κ2) is 6.51. The Balaban J connectivity index is 1.67. The molecule has 2 aromatic rings. The number of rotatable bonds is 5. The molecule has 2 amide bonds. The predicted molar refractivity (Wildman–Crippen MR) is 86.9 cm³/mol. The summed E-state index contributed by atoms with van der Waals surface area (Å²) >= 11 is 0. The fourth-order valence-corrected chi connectivity index (χ4v) is 2.87. The van der Waals surface area contributed by atoms with Crippen molar-refractivity contribution in [3.63, 3.8) is 0 Å². The molecule has 0 saturated carbocycles. The van der Waals surface area contributed by atoms with Crippen LogP contribution in [0.2, 0.25) is 0 Å². The van der Waals surface area contributed by atoms with Gasteiger partial charge in [0.2, 0.25) is 11.8 Å². The number of carbonyl (C=O) groups excluding carboxylic acids is 2. The molecule has 23 heavy (non-hydrogen) atoms. The molecule has 2 heterocycles. The van der Waals surface area contributed by atoms with Crippen molar-refractivity contribution in [1.82, 2.24) is 9.78 Å². The van der Waals surface area contributed by atoms with E-state index in [2.05, 4.69) is 15.3 Å². The van der Waals surface area contributed by atoms with Gasteiger partial charge in [-0.2, -0.15) is 5.10 Å². The van der Waals surface area contributed by atoms with Crippen LogP contribution in [0.1, 0.15) is 12.8 Å². The van der Waals surface area contributed by atoms with Crippen LogP contribution in [0.15, 0.2) is 42.7 Å². The third-order valence-corrected chi connectivity index (χ3v) is 3.86. The van der Waals surface area contributed by atoms with Gasteiger partial charge in [0.25, 0.3) is 0 Å². The van der Waals surface area contributed by atoms with Gasteiger partial charge in [0, 0.05) is 18.4 Å². The highest BCUT2D eigenvalue weighted by molar-refractivity contribution is 5.97. The van der Waals surface area contributed by atoms with Crippen LogP contribution in [0.5, 0.6) is 0 Å². The molecule has 0 spiro atoms. The lowest BCUT2D eigenvalue weighted by Crippen LogP contribution is -2.39. The predicted octanol–water partition coefficient (Wildman–Crippen LogP) is 0.976. The van der Waals surface area contributed by atoms with Crippen LogP contribution >= 0.6 is 0 Å². The van der Waals surface area contributed by atoms with E-state index in [0.717, 1.165) is 25.1 Å². The monoisotopic (exact) mass is 313 g/mol. The van der Waals surface area contributed by atoms with Crippen molar-refractivity contribution in [3.8, 4) is 0 Å². The normalized spacial score (nSPS) is 17.2. The summed E-state index contributed by atoms with van der Waals surface area (Å²) in [6, 6.07) is 9.72. The molecule has 0 radical (unpaired) electrons. The Morgan fingerprint density at radius 2 is 2.09 bits per heavy atom. The molecule has 120 valence electrons. The van der Waals surface area contributed by atoms with Crippen molar-refractivity contribution in [2.24, 2.45) is 5.73 Å². The molecule has 1 aromatic heterocycles. The zero-order valence-electron chi connectivity index (χ0n) is 12.7. The van der Waals surface area contributed by atoms with E-state index >= 15 is 0 Å². The van der Waals surface area contributed by atoms with Gasteiger partial charge in [0.15, 0.2) is 0 Å². The Bertz CT molecular complexity index is 698. The highest BCUT2D eigenvalue weighted by atomic mass is 16.2. The van der Waals surface area contributed by atoms with Gasteiger partial charge in [-0.15, -0.1) is 0 Å². The first-order chi connectivity index (χ1) is 11.1. The first kappa shape index (κ1) is 15.1. The zero-order chi connectivity index (χ0) is 16.2. The van der Waals surface area contributed by atoms with Crippen molar-refractivity contribution in [3.05, 3.63) is 42.7 Å². The van der Waals surface area contributed by atoms with Crippen LogP contribution in [0.3, 0.4) is 0 Å². The van der Waals surface area contributed by atoms with Gasteiger partial charge in [-0.05, 0) is 25.0 Å². The number of aromatic nitrogens is 2. The van der Waals surface area contributed by atoms with Gasteiger partial charge in [-0.3, -0.25) is 14.3 Å². The molecule has 0 aliphatic carbocycles. The number of amides is 2. The van der Waals surface area contributed by atoms with Gasteiger partial charge in [0.05, 0.1) is 11.9 Å². The minimum absolute atomic E-state index is 0.00452. The Morgan fingerprint density at radius 3 is 2.83 bits per heavy atom. The molecule has 3 N–H and O–H groups in total. The van der Waals surface area contributed by atoms with Crippen LogP contribution in [0.25, 0.3) is 0 Å². The number of para-hydroxylation sites is 1. The fourth-order valence-electron chi connectivity index (χ4n) is 2.87. The summed E-state index contributed by atoms with van der Waals surface area (Å²) in [7, 11) is 0. The minimum Gasteiger partial charge on any atom is -0.368 e. The van der Waals surface area contributed by atoms with E-state index in [4.69, 9.17) is 5.73 Å². The summed E-state index contributed by atoms with van der Waals surface area (Å²) in [5, 5.41) is 6.86. The van der Waals surface area contributed by atoms with Crippen molar-refractivity contribution < 1.29 is 9.59 Å². The quantitative estimate of drug-likeness (QED) is 0.860. The van der Waals surface area contributed by atoms with E-state index in [9.17, 15) is 9.59 Å². The largest absolute Gasteiger partial charge is 0.368 e. The van der Waals surface area contributed by atoms with E-state index in [-0.39, 0.29) is 18.5 Å². The summed E-state index contributed by atoms with van der Waals surface area (Å²) in [5.74, 6) is -0.540. The Morgan fingerprint density at radius 1 is 1.30 bits per heavy atom. The number of nitrogens with two attached hydrogens (primary N) is 1. The Kier molecular flexibility index (Phi) is 4.27. The van der Waals surface area contributed by atoms with Crippen LogP contribution in [-0.2, 0) is 16.1 Å². The van der Waals surface area contributed by atoms with Gasteiger partial charge >= 0.3 is 0 Å². The maximum atomic E-state index is 12.5. The number of hydrogen-bond acceptors (Lipinski definition) is 4. The SMILES string of the molecule is NC(=O)Cn1cc(NC(=O)C2CCCN2c2ccccc2)cn1. The van der Waals surface area contributed by atoms with Crippen LogP contribution in [0.4, 0.5) is 11.4 Å². The number of anilines is 2. The standard InChI is InChI=1S/C16H19N5O2/c17-15(22)11-20-10-12(9-18-20)19-16(23)14-7-4-8-21(14)13-5-2-1-3-6-13/h1-3,5-6,9-10,14H,4,7-8,11H2,(H2,17,22)(H,19,23). The van der Waals surface area contributed by atoms with Gasteiger partial charge in [-0.25, -0.2) is 0 Å². The van der Waals surface area contributed by atoms with Crippen LogP contribution in [-0.4, -0.2) is 34.2 Å². The summed E-state index contributed by atoms with van der Waals surface area (Å²) < 4.78 is 1.40. The fraction of sp³-hybridized carbons (Fsp3) is 0.312. The molecule has 1 aliphatic rings. The number of carbonyl (C=O) groups is 2. The maximum absolute atomic E-state index is 12.5. The van der Waals surface area contributed by atoms with E-state index in [1.54, 1.807) is 6.20 Å². The lowest BCUT2D eigenvalue weighted by atomic mass is 10.2. The second-order valence-corrected chi connectivity index (χ2v) is 5.57. The van der Waals surface area contributed by atoms with Crippen LogP contribution < -0.4 is 16.0 Å². The molecular weight excluding hydrogens is 294 g/mol. The van der Waals surface area contributed by atoms with Gasteiger partial charge < -0.3 is 16.0 Å². The third-order valence-electron chi connectivity index (χ3n) is 3.86. The molecule has 7 heteroatoms. The number of nitrogens with zero attached hydrogens (tertiary/aromatic N) is 3.